The summed E-state index contributed by atoms with van der Waals surface area (Å²) in [6.07, 6.45) is 2.58. The van der Waals surface area contributed by atoms with E-state index >= 15 is 0 Å². The molecule has 1 heterocycles. The van der Waals surface area contributed by atoms with E-state index < -0.39 is 0 Å². The van der Waals surface area contributed by atoms with Crippen LogP contribution in [-0.2, 0) is 4.74 Å². The van der Waals surface area contributed by atoms with Crippen LogP contribution in [0.3, 0.4) is 0 Å². The summed E-state index contributed by atoms with van der Waals surface area (Å²) in [6, 6.07) is 0. The molecular weight excluding hydrogens is 340 g/mol. The molecule has 0 aliphatic carbocycles. The number of hydrogen-bond acceptors (Lipinski definition) is 2. The van der Waals surface area contributed by atoms with Crippen LogP contribution in [0.25, 0.3) is 0 Å². The summed E-state index contributed by atoms with van der Waals surface area (Å²) in [6.45, 7) is 5.77. The summed E-state index contributed by atoms with van der Waals surface area (Å²) in [5, 5.41) is 6.79. The SMILES string of the molecule is C=C(Cl)CNC(=NC)NCC1CCCO1.I. The molecular formula is C10H19ClIN3O. The minimum Gasteiger partial charge on any atom is -0.376 e. The summed E-state index contributed by atoms with van der Waals surface area (Å²) >= 11 is 5.64. The Hall–Kier alpha value is -0.0100. The molecule has 2 N–H and O–H groups in total. The second kappa shape index (κ2) is 9.07. The fourth-order valence-electron chi connectivity index (χ4n) is 1.42. The van der Waals surface area contributed by atoms with E-state index in [0.717, 1.165) is 32.0 Å². The zero-order valence-corrected chi connectivity index (χ0v) is 12.5. The minimum absolute atomic E-state index is 0. The standard InChI is InChI=1S/C10H18ClN3O.HI/c1-8(11)6-13-10(12-2)14-7-9-4-3-5-15-9;/h9H,1,3-7H2,2H3,(H2,12,13,14);1H. The minimum atomic E-state index is 0. The van der Waals surface area contributed by atoms with Crippen molar-refractivity contribution in [2.45, 2.75) is 18.9 Å². The summed E-state index contributed by atoms with van der Waals surface area (Å²) in [7, 11) is 1.72. The van der Waals surface area contributed by atoms with E-state index in [1.807, 2.05) is 0 Å². The number of aliphatic imine (C=N–C) groups is 1. The first-order valence-corrected chi connectivity index (χ1v) is 5.49. The van der Waals surface area contributed by atoms with Crippen LogP contribution in [0.15, 0.2) is 16.6 Å². The number of hydrogen-bond donors (Lipinski definition) is 2. The molecule has 0 radical (unpaired) electrons. The summed E-state index contributed by atoms with van der Waals surface area (Å²) in [5.74, 6) is 0.729. The van der Waals surface area contributed by atoms with Crippen molar-refractivity contribution in [3.05, 3.63) is 11.6 Å². The van der Waals surface area contributed by atoms with Crippen LogP contribution < -0.4 is 10.6 Å². The van der Waals surface area contributed by atoms with Gasteiger partial charge < -0.3 is 15.4 Å². The van der Waals surface area contributed by atoms with Crippen LogP contribution in [0.4, 0.5) is 0 Å². The van der Waals surface area contributed by atoms with Crippen molar-refractivity contribution in [3.8, 4) is 0 Å². The van der Waals surface area contributed by atoms with Crippen molar-refractivity contribution in [1.82, 2.24) is 10.6 Å². The zero-order chi connectivity index (χ0) is 11.1. The zero-order valence-electron chi connectivity index (χ0n) is 9.46. The average Bonchev–Trinajstić information content (AvgIpc) is 2.70. The molecule has 0 saturated carbocycles. The number of nitrogens with zero attached hydrogens (tertiary/aromatic N) is 1. The van der Waals surface area contributed by atoms with Gasteiger partial charge in [-0.3, -0.25) is 4.99 Å². The molecule has 0 aromatic carbocycles. The van der Waals surface area contributed by atoms with Gasteiger partial charge in [0.1, 0.15) is 0 Å². The molecule has 1 aliphatic rings. The largest absolute Gasteiger partial charge is 0.376 e. The highest BCUT2D eigenvalue weighted by Gasteiger charge is 2.15. The molecule has 4 nitrogen and oxygen atoms in total. The Morgan fingerprint density at radius 1 is 1.56 bits per heavy atom. The molecule has 0 amide bonds. The van der Waals surface area contributed by atoms with Gasteiger partial charge in [-0.15, -0.1) is 24.0 Å². The van der Waals surface area contributed by atoms with E-state index in [1.54, 1.807) is 7.05 Å². The molecule has 94 valence electrons. The maximum absolute atomic E-state index is 5.64. The molecule has 0 aromatic heterocycles. The third-order valence-corrected chi connectivity index (χ3v) is 2.33. The van der Waals surface area contributed by atoms with Gasteiger partial charge in [0.15, 0.2) is 5.96 Å². The molecule has 1 unspecified atom stereocenters. The molecule has 1 atom stereocenters. The van der Waals surface area contributed by atoms with Crippen LogP contribution >= 0.6 is 35.6 Å². The van der Waals surface area contributed by atoms with Crippen molar-refractivity contribution < 1.29 is 4.74 Å². The quantitative estimate of drug-likeness (QED) is 0.456. The molecule has 0 bridgehead atoms. The van der Waals surface area contributed by atoms with Crippen molar-refractivity contribution >= 4 is 41.5 Å². The van der Waals surface area contributed by atoms with Gasteiger partial charge in [-0.1, -0.05) is 18.2 Å². The van der Waals surface area contributed by atoms with Crippen molar-refractivity contribution in [2.75, 3.05) is 26.7 Å². The average molecular weight is 360 g/mol. The summed E-state index contributed by atoms with van der Waals surface area (Å²) < 4.78 is 5.48. The maximum Gasteiger partial charge on any atom is 0.191 e. The van der Waals surface area contributed by atoms with E-state index in [2.05, 4.69) is 22.2 Å². The predicted molar refractivity (Wildman–Crippen MR) is 78.7 cm³/mol. The van der Waals surface area contributed by atoms with Gasteiger partial charge in [0.2, 0.25) is 0 Å². The molecule has 0 aromatic rings. The van der Waals surface area contributed by atoms with Crippen LogP contribution in [0.1, 0.15) is 12.8 Å². The Bertz CT molecular complexity index is 242. The fourth-order valence-corrected chi connectivity index (χ4v) is 1.48. The Balaban J connectivity index is 0.00000225. The van der Waals surface area contributed by atoms with Gasteiger partial charge in [0, 0.05) is 25.2 Å². The van der Waals surface area contributed by atoms with Gasteiger partial charge in [0.05, 0.1) is 12.6 Å². The Morgan fingerprint density at radius 3 is 2.81 bits per heavy atom. The number of halogens is 2. The lowest BCUT2D eigenvalue weighted by atomic mass is 10.2. The molecule has 1 aliphatic heterocycles. The molecule has 16 heavy (non-hydrogen) atoms. The Kier molecular flexibility index (Phi) is 9.06. The van der Waals surface area contributed by atoms with E-state index in [0.29, 0.717) is 17.7 Å². The van der Waals surface area contributed by atoms with Gasteiger partial charge in [-0.25, -0.2) is 0 Å². The lowest BCUT2D eigenvalue weighted by Gasteiger charge is -2.14. The van der Waals surface area contributed by atoms with E-state index in [9.17, 15) is 0 Å². The number of ether oxygens (including phenoxy) is 1. The lowest BCUT2D eigenvalue weighted by molar-refractivity contribution is 0.114. The van der Waals surface area contributed by atoms with Crippen LogP contribution in [0.2, 0.25) is 0 Å². The number of guanidine groups is 1. The van der Waals surface area contributed by atoms with E-state index in [-0.39, 0.29) is 24.0 Å². The van der Waals surface area contributed by atoms with Crippen LogP contribution in [0.5, 0.6) is 0 Å². The Labute approximate surface area is 119 Å². The molecule has 1 rings (SSSR count). The highest BCUT2D eigenvalue weighted by molar-refractivity contribution is 14.0. The molecule has 1 saturated heterocycles. The van der Waals surface area contributed by atoms with Crippen molar-refractivity contribution in [3.63, 3.8) is 0 Å². The second-order valence-corrected chi connectivity index (χ2v) is 3.99. The highest BCUT2D eigenvalue weighted by Crippen LogP contribution is 2.10. The third-order valence-electron chi connectivity index (χ3n) is 2.19. The first kappa shape index (κ1) is 16.0. The first-order valence-electron chi connectivity index (χ1n) is 5.11. The fraction of sp³-hybridized carbons (Fsp3) is 0.700. The highest BCUT2D eigenvalue weighted by atomic mass is 127. The lowest BCUT2D eigenvalue weighted by Crippen LogP contribution is -2.41. The predicted octanol–water partition coefficient (Wildman–Crippen LogP) is 1.70. The summed E-state index contributed by atoms with van der Waals surface area (Å²) in [5.41, 5.74) is 0. The Morgan fingerprint density at radius 2 is 2.31 bits per heavy atom. The first-order chi connectivity index (χ1) is 7.22. The van der Waals surface area contributed by atoms with Crippen molar-refractivity contribution in [2.24, 2.45) is 4.99 Å². The van der Waals surface area contributed by atoms with Gasteiger partial charge in [0.25, 0.3) is 0 Å². The van der Waals surface area contributed by atoms with Crippen LogP contribution in [-0.4, -0.2) is 38.8 Å². The number of rotatable bonds is 4. The van der Waals surface area contributed by atoms with E-state index in [4.69, 9.17) is 16.3 Å². The van der Waals surface area contributed by atoms with E-state index in [1.165, 1.54) is 0 Å². The topological polar surface area (TPSA) is 45.7 Å². The normalized spacial score (nSPS) is 20.1. The van der Waals surface area contributed by atoms with Gasteiger partial charge in [-0.2, -0.15) is 0 Å². The van der Waals surface area contributed by atoms with Crippen molar-refractivity contribution in [1.29, 1.82) is 0 Å². The molecule has 6 heteroatoms. The number of nitrogens with one attached hydrogen (secondary N) is 2. The second-order valence-electron chi connectivity index (χ2n) is 3.46. The molecule has 1 fully saturated rings. The van der Waals surface area contributed by atoms with Gasteiger partial charge in [-0.05, 0) is 12.8 Å². The van der Waals surface area contributed by atoms with Crippen LogP contribution in [0, 0.1) is 0 Å². The summed E-state index contributed by atoms with van der Waals surface area (Å²) in [4.78, 5) is 4.06. The van der Waals surface area contributed by atoms with Gasteiger partial charge >= 0.3 is 0 Å². The smallest absolute Gasteiger partial charge is 0.191 e. The monoisotopic (exact) mass is 359 g/mol. The molecule has 0 spiro atoms. The maximum atomic E-state index is 5.64. The third kappa shape index (κ3) is 6.55.